The molecule has 0 aromatic rings. The Morgan fingerprint density at radius 3 is 1.31 bits per heavy atom. The van der Waals surface area contributed by atoms with Crippen molar-refractivity contribution < 1.29 is 0 Å². The molecule has 0 radical (unpaired) electrons. The van der Waals surface area contributed by atoms with Crippen molar-refractivity contribution in [2.45, 2.75) is 60.4 Å². The summed E-state index contributed by atoms with van der Waals surface area (Å²) in [6, 6.07) is 0.653. The lowest BCUT2D eigenvalue weighted by molar-refractivity contribution is 0.247. The molecule has 0 rings (SSSR count). The summed E-state index contributed by atoms with van der Waals surface area (Å²) >= 11 is 0. The van der Waals surface area contributed by atoms with Crippen LogP contribution < -0.4 is 5.32 Å². The van der Waals surface area contributed by atoms with E-state index in [1.165, 1.54) is 12.8 Å². The van der Waals surface area contributed by atoms with E-state index in [0.29, 0.717) is 16.9 Å². The smallest absolute Gasteiger partial charge is 0.00740 e. The predicted molar refractivity (Wildman–Crippen MR) is 61.0 cm³/mol. The minimum atomic E-state index is 0.429. The number of rotatable bonds is 3. The van der Waals surface area contributed by atoms with Gasteiger partial charge in [-0.3, -0.25) is 0 Å². The van der Waals surface area contributed by atoms with Gasteiger partial charge in [-0.1, -0.05) is 41.5 Å². The zero-order valence-corrected chi connectivity index (χ0v) is 10.5. The van der Waals surface area contributed by atoms with Crippen molar-refractivity contribution in [2.24, 2.45) is 10.8 Å². The Bertz CT molecular complexity index is 120. The highest BCUT2D eigenvalue weighted by Crippen LogP contribution is 2.28. The molecule has 0 aromatic carbocycles. The minimum absolute atomic E-state index is 0.429. The predicted octanol–water partition coefficient (Wildman–Crippen LogP) is 3.45. The molecule has 0 amide bonds. The fourth-order valence-corrected chi connectivity index (χ4v) is 1.75. The third-order valence-electron chi connectivity index (χ3n) is 2.13. The SMILES string of the molecule is CNC(CC(C)(C)C)CC(C)(C)C. The largest absolute Gasteiger partial charge is 0.317 e. The third kappa shape index (κ3) is 8.29. The van der Waals surface area contributed by atoms with E-state index in [1.807, 2.05) is 0 Å². The molecule has 0 spiro atoms. The Labute approximate surface area is 84.3 Å². The van der Waals surface area contributed by atoms with Crippen LogP contribution in [0.2, 0.25) is 0 Å². The van der Waals surface area contributed by atoms with Gasteiger partial charge in [-0.2, -0.15) is 0 Å². The first-order valence-electron chi connectivity index (χ1n) is 5.31. The van der Waals surface area contributed by atoms with Gasteiger partial charge >= 0.3 is 0 Å². The lowest BCUT2D eigenvalue weighted by Gasteiger charge is -2.30. The second-order valence-corrected chi connectivity index (χ2v) is 6.52. The molecule has 0 fully saturated rings. The van der Waals surface area contributed by atoms with E-state index in [1.54, 1.807) is 0 Å². The first kappa shape index (κ1) is 13.0. The van der Waals surface area contributed by atoms with Crippen molar-refractivity contribution in [3.05, 3.63) is 0 Å². The quantitative estimate of drug-likeness (QED) is 0.710. The summed E-state index contributed by atoms with van der Waals surface area (Å²) in [5, 5.41) is 3.42. The second kappa shape index (κ2) is 4.45. The van der Waals surface area contributed by atoms with E-state index in [0.717, 1.165) is 0 Å². The molecule has 0 saturated heterocycles. The van der Waals surface area contributed by atoms with E-state index < -0.39 is 0 Å². The van der Waals surface area contributed by atoms with Gasteiger partial charge in [0.2, 0.25) is 0 Å². The van der Waals surface area contributed by atoms with Gasteiger partial charge in [0, 0.05) is 6.04 Å². The zero-order chi connectivity index (χ0) is 10.7. The van der Waals surface area contributed by atoms with Gasteiger partial charge < -0.3 is 5.32 Å². The van der Waals surface area contributed by atoms with Crippen LogP contribution in [0.1, 0.15) is 54.4 Å². The fourth-order valence-electron chi connectivity index (χ4n) is 1.75. The molecule has 0 aliphatic carbocycles. The molecule has 0 bridgehead atoms. The third-order valence-corrected chi connectivity index (χ3v) is 2.13. The second-order valence-electron chi connectivity index (χ2n) is 6.52. The Hall–Kier alpha value is -0.0400. The van der Waals surface area contributed by atoms with Crippen LogP contribution in [0.4, 0.5) is 0 Å². The summed E-state index contributed by atoms with van der Waals surface area (Å²) in [4.78, 5) is 0. The van der Waals surface area contributed by atoms with Crippen LogP contribution in [0.5, 0.6) is 0 Å². The van der Waals surface area contributed by atoms with Crippen molar-refractivity contribution in [3.8, 4) is 0 Å². The van der Waals surface area contributed by atoms with Crippen LogP contribution in [0.15, 0.2) is 0 Å². The molecular weight excluding hydrogens is 158 g/mol. The van der Waals surface area contributed by atoms with Gasteiger partial charge in [0.1, 0.15) is 0 Å². The molecule has 0 unspecified atom stereocenters. The molecule has 80 valence electrons. The Morgan fingerprint density at radius 2 is 1.15 bits per heavy atom. The van der Waals surface area contributed by atoms with Crippen molar-refractivity contribution in [3.63, 3.8) is 0 Å². The summed E-state index contributed by atoms with van der Waals surface area (Å²) in [6.07, 6.45) is 2.50. The van der Waals surface area contributed by atoms with Crippen molar-refractivity contribution >= 4 is 0 Å². The molecule has 0 aliphatic rings. The average Bonchev–Trinajstić information content (AvgIpc) is 1.79. The van der Waals surface area contributed by atoms with E-state index in [-0.39, 0.29) is 0 Å². The minimum Gasteiger partial charge on any atom is -0.317 e. The van der Waals surface area contributed by atoms with Gasteiger partial charge in [0.05, 0.1) is 0 Å². The van der Waals surface area contributed by atoms with Crippen LogP contribution in [-0.4, -0.2) is 13.1 Å². The van der Waals surface area contributed by atoms with Gasteiger partial charge in [0.15, 0.2) is 0 Å². The summed E-state index contributed by atoms with van der Waals surface area (Å²) in [6.45, 7) is 13.8. The fraction of sp³-hybridized carbons (Fsp3) is 1.00. The van der Waals surface area contributed by atoms with Crippen LogP contribution in [0, 0.1) is 10.8 Å². The van der Waals surface area contributed by atoms with Gasteiger partial charge in [-0.05, 0) is 30.7 Å². The summed E-state index contributed by atoms with van der Waals surface area (Å²) in [5.74, 6) is 0. The van der Waals surface area contributed by atoms with Gasteiger partial charge in [-0.15, -0.1) is 0 Å². The van der Waals surface area contributed by atoms with Crippen LogP contribution in [0.25, 0.3) is 0 Å². The van der Waals surface area contributed by atoms with Gasteiger partial charge in [0.25, 0.3) is 0 Å². The van der Waals surface area contributed by atoms with Crippen molar-refractivity contribution in [2.75, 3.05) is 7.05 Å². The highest BCUT2D eigenvalue weighted by atomic mass is 14.9. The lowest BCUT2D eigenvalue weighted by Crippen LogP contribution is -2.33. The maximum atomic E-state index is 3.42. The zero-order valence-electron chi connectivity index (χ0n) is 10.5. The monoisotopic (exact) mass is 185 g/mol. The topological polar surface area (TPSA) is 12.0 Å². The number of nitrogens with one attached hydrogen (secondary N) is 1. The number of hydrogen-bond acceptors (Lipinski definition) is 1. The Morgan fingerprint density at radius 1 is 0.846 bits per heavy atom. The molecular formula is C12H27N. The Balaban J connectivity index is 4.05. The summed E-state index contributed by atoms with van der Waals surface area (Å²) < 4.78 is 0. The molecule has 0 aliphatic heterocycles. The first-order chi connectivity index (χ1) is 5.64. The van der Waals surface area contributed by atoms with Gasteiger partial charge in [-0.25, -0.2) is 0 Å². The standard InChI is InChI=1S/C12H27N/c1-11(2,3)8-10(13-7)9-12(4,5)6/h10,13H,8-9H2,1-7H3. The van der Waals surface area contributed by atoms with Crippen molar-refractivity contribution in [1.82, 2.24) is 5.32 Å². The summed E-state index contributed by atoms with van der Waals surface area (Å²) in [5.41, 5.74) is 0.859. The number of hydrogen-bond donors (Lipinski definition) is 1. The van der Waals surface area contributed by atoms with Crippen molar-refractivity contribution in [1.29, 1.82) is 0 Å². The van der Waals surface area contributed by atoms with Crippen LogP contribution >= 0.6 is 0 Å². The molecule has 0 heterocycles. The molecule has 1 nitrogen and oxygen atoms in total. The molecule has 1 N–H and O–H groups in total. The highest BCUT2D eigenvalue weighted by Gasteiger charge is 2.22. The molecule has 13 heavy (non-hydrogen) atoms. The van der Waals surface area contributed by atoms with E-state index >= 15 is 0 Å². The normalized spacial score (nSPS) is 13.8. The maximum absolute atomic E-state index is 3.42. The van der Waals surface area contributed by atoms with Crippen LogP contribution in [-0.2, 0) is 0 Å². The molecule has 0 atom stereocenters. The highest BCUT2D eigenvalue weighted by molar-refractivity contribution is 4.78. The van der Waals surface area contributed by atoms with E-state index in [2.05, 4.69) is 53.9 Å². The first-order valence-corrected chi connectivity index (χ1v) is 5.31. The Kier molecular flexibility index (Phi) is 4.44. The maximum Gasteiger partial charge on any atom is 0.00740 e. The van der Waals surface area contributed by atoms with Crippen LogP contribution in [0.3, 0.4) is 0 Å². The summed E-state index contributed by atoms with van der Waals surface area (Å²) in [7, 11) is 2.07. The van der Waals surface area contributed by atoms with E-state index in [4.69, 9.17) is 0 Å². The molecule has 0 saturated carbocycles. The average molecular weight is 185 g/mol. The molecule has 1 heteroatoms. The lowest BCUT2D eigenvalue weighted by atomic mass is 9.80. The van der Waals surface area contributed by atoms with E-state index in [9.17, 15) is 0 Å². The molecule has 0 aromatic heterocycles.